The van der Waals surface area contributed by atoms with Crippen molar-refractivity contribution in [2.45, 2.75) is 25.7 Å². The number of amides is 1. The molecule has 0 aliphatic carbocycles. The van der Waals surface area contributed by atoms with Crippen molar-refractivity contribution in [3.63, 3.8) is 0 Å². The van der Waals surface area contributed by atoms with E-state index < -0.39 is 12.3 Å². The van der Waals surface area contributed by atoms with E-state index in [1.165, 1.54) is 11.0 Å². The molecule has 3 aromatic heterocycles. The monoisotopic (exact) mass is 385 g/mol. The van der Waals surface area contributed by atoms with Crippen LogP contribution >= 0.6 is 0 Å². The van der Waals surface area contributed by atoms with Gasteiger partial charge in [0.15, 0.2) is 12.3 Å². The largest absolute Gasteiger partial charge is 0.469 e. The molecule has 2 atom stereocenters. The number of anilines is 2. The van der Waals surface area contributed by atoms with Gasteiger partial charge in [-0.15, -0.1) is 0 Å². The van der Waals surface area contributed by atoms with Gasteiger partial charge in [0, 0.05) is 18.9 Å². The Labute approximate surface area is 160 Å². The number of aromatic amines is 1. The molecule has 146 valence electrons. The first-order valence-electron chi connectivity index (χ1n) is 8.94. The third kappa shape index (κ3) is 3.40. The molecule has 4 rings (SSSR count). The molecule has 2 N–H and O–H groups in total. The Hall–Kier alpha value is -3.43. The topological polar surface area (TPSA) is 101 Å². The smallest absolute Gasteiger partial charge is 0.246 e. The van der Waals surface area contributed by atoms with Crippen LogP contribution in [0.2, 0.25) is 0 Å². The van der Waals surface area contributed by atoms with E-state index in [1.54, 1.807) is 23.1 Å². The number of aryl methyl sites for hydroxylation is 1. The minimum atomic E-state index is -1.31. The Morgan fingerprint density at radius 1 is 1.50 bits per heavy atom. The molecule has 4 heterocycles. The van der Waals surface area contributed by atoms with E-state index in [1.807, 2.05) is 13.1 Å². The van der Waals surface area contributed by atoms with Gasteiger partial charge in [-0.05, 0) is 19.1 Å². The van der Waals surface area contributed by atoms with E-state index in [4.69, 9.17) is 4.74 Å². The Kier molecular flexibility index (Phi) is 4.68. The van der Waals surface area contributed by atoms with Crippen LogP contribution in [-0.2, 0) is 11.3 Å². The van der Waals surface area contributed by atoms with Crippen molar-refractivity contribution in [3.8, 4) is 5.88 Å². The minimum absolute atomic E-state index is 0.0296. The molecule has 1 aliphatic rings. The number of alkyl halides is 1. The van der Waals surface area contributed by atoms with Crippen molar-refractivity contribution in [2.24, 2.45) is 0 Å². The van der Waals surface area contributed by atoms with Crippen LogP contribution in [-0.4, -0.2) is 60.9 Å². The molecule has 0 bridgehead atoms. The lowest BCUT2D eigenvalue weighted by Crippen LogP contribution is -2.30. The highest BCUT2D eigenvalue weighted by molar-refractivity contribution is 5.87. The quantitative estimate of drug-likeness (QED) is 0.630. The number of carbonyl (C=O) groups excluding carboxylic acids is 1. The highest BCUT2D eigenvalue weighted by Gasteiger charge is 2.37. The third-order valence-corrected chi connectivity index (χ3v) is 4.54. The second kappa shape index (κ2) is 7.29. The zero-order chi connectivity index (χ0) is 19.7. The Bertz CT molecular complexity index is 1010. The first kappa shape index (κ1) is 18.0. The molecule has 1 fully saturated rings. The zero-order valence-electron chi connectivity index (χ0n) is 15.3. The van der Waals surface area contributed by atoms with E-state index in [9.17, 15) is 9.18 Å². The molecule has 0 spiro atoms. The van der Waals surface area contributed by atoms with Gasteiger partial charge in [-0.1, -0.05) is 6.58 Å². The van der Waals surface area contributed by atoms with Crippen LogP contribution < -0.4 is 10.1 Å². The lowest BCUT2D eigenvalue weighted by Gasteiger charge is -2.16. The summed E-state index contributed by atoms with van der Waals surface area (Å²) in [5.74, 6) is 0.226. The lowest BCUT2D eigenvalue weighted by molar-refractivity contribution is -0.125. The van der Waals surface area contributed by atoms with E-state index in [2.05, 4.69) is 31.9 Å². The summed E-state index contributed by atoms with van der Waals surface area (Å²) >= 11 is 0. The van der Waals surface area contributed by atoms with Crippen molar-refractivity contribution in [1.82, 2.24) is 29.6 Å². The van der Waals surface area contributed by atoms with Gasteiger partial charge in [0.2, 0.25) is 17.7 Å². The number of nitrogens with zero attached hydrogens (tertiary/aromatic N) is 5. The van der Waals surface area contributed by atoms with Crippen LogP contribution in [0.15, 0.2) is 37.3 Å². The van der Waals surface area contributed by atoms with Gasteiger partial charge < -0.3 is 19.9 Å². The maximum absolute atomic E-state index is 14.4. The number of nitrogens with one attached hydrogen (secondary N) is 2. The van der Waals surface area contributed by atoms with E-state index in [-0.39, 0.29) is 24.9 Å². The normalized spacial score (nSPS) is 19.1. The van der Waals surface area contributed by atoms with Crippen LogP contribution in [0.1, 0.15) is 6.92 Å². The van der Waals surface area contributed by atoms with Crippen LogP contribution in [0.4, 0.5) is 16.0 Å². The van der Waals surface area contributed by atoms with Crippen LogP contribution in [0.5, 0.6) is 5.88 Å². The zero-order valence-corrected chi connectivity index (χ0v) is 15.3. The predicted octanol–water partition coefficient (Wildman–Crippen LogP) is 2.03. The van der Waals surface area contributed by atoms with Gasteiger partial charge in [0.05, 0.1) is 30.4 Å². The molecule has 3 aromatic rings. The summed E-state index contributed by atoms with van der Waals surface area (Å²) in [6.07, 6.45) is 4.25. The molecule has 0 aromatic carbocycles. The highest BCUT2D eigenvalue weighted by atomic mass is 19.1. The predicted molar refractivity (Wildman–Crippen MR) is 101 cm³/mol. The summed E-state index contributed by atoms with van der Waals surface area (Å²) in [5, 5.41) is 7.91. The fourth-order valence-electron chi connectivity index (χ4n) is 3.09. The fraction of sp³-hybridized carbons (Fsp3) is 0.333. The molecule has 10 heteroatoms. The number of aromatic nitrogens is 5. The molecule has 1 aliphatic heterocycles. The average molecular weight is 385 g/mol. The van der Waals surface area contributed by atoms with Crippen molar-refractivity contribution < 1.29 is 13.9 Å². The summed E-state index contributed by atoms with van der Waals surface area (Å²) in [6.45, 7) is 6.27. The number of hydrogen-bond donors (Lipinski definition) is 2. The van der Waals surface area contributed by atoms with Crippen molar-refractivity contribution in [3.05, 3.63) is 37.3 Å². The molecule has 9 nitrogen and oxygen atoms in total. The second-order valence-electron chi connectivity index (χ2n) is 6.42. The van der Waals surface area contributed by atoms with Gasteiger partial charge in [-0.3, -0.25) is 9.48 Å². The number of H-pyrrole nitrogens is 1. The summed E-state index contributed by atoms with van der Waals surface area (Å²) in [5.41, 5.74) is 1.29. The van der Waals surface area contributed by atoms with Gasteiger partial charge in [0.1, 0.15) is 5.65 Å². The van der Waals surface area contributed by atoms with Crippen molar-refractivity contribution >= 4 is 28.6 Å². The third-order valence-electron chi connectivity index (χ3n) is 4.54. The van der Waals surface area contributed by atoms with Crippen LogP contribution in [0.3, 0.4) is 0 Å². The summed E-state index contributed by atoms with van der Waals surface area (Å²) in [6, 6.07) is 1.76. The first-order chi connectivity index (χ1) is 13.6. The first-order valence-corrected chi connectivity index (χ1v) is 8.94. The summed E-state index contributed by atoms with van der Waals surface area (Å²) in [4.78, 5) is 24.9. The number of ether oxygens (including phenoxy) is 1. The maximum atomic E-state index is 14.4. The minimum Gasteiger partial charge on any atom is -0.469 e. The van der Waals surface area contributed by atoms with E-state index in [0.29, 0.717) is 17.0 Å². The Morgan fingerprint density at radius 3 is 3.11 bits per heavy atom. The van der Waals surface area contributed by atoms with Crippen molar-refractivity contribution in [1.29, 1.82) is 0 Å². The molecule has 1 saturated heterocycles. The van der Waals surface area contributed by atoms with Gasteiger partial charge in [-0.2, -0.15) is 15.1 Å². The highest BCUT2D eigenvalue weighted by Crippen LogP contribution is 2.28. The number of hydrogen-bond acceptors (Lipinski definition) is 6. The molecule has 0 radical (unpaired) electrons. The van der Waals surface area contributed by atoms with Gasteiger partial charge >= 0.3 is 0 Å². The van der Waals surface area contributed by atoms with E-state index in [0.717, 1.165) is 12.2 Å². The van der Waals surface area contributed by atoms with Gasteiger partial charge in [0.25, 0.3) is 0 Å². The lowest BCUT2D eigenvalue weighted by atomic mass is 10.3. The summed E-state index contributed by atoms with van der Waals surface area (Å²) in [7, 11) is 0. The number of fused-ring (bicyclic) bond motifs is 1. The maximum Gasteiger partial charge on any atom is 0.246 e. The Balaban J connectivity index is 1.58. The van der Waals surface area contributed by atoms with Crippen LogP contribution in [0, 0.1) is 0 Å². The summed E-state index contributed by atoms with van der Waals surface area (Å²) < 4.78 is 22.0. The fourth-order valence-corrected chi connectivity index (χ4v) is 3.09. The molecule has 1 amide bonds. The molecule has 0 saturated carbocycles. The second-order valence-corrected chi connectivity index (χ2v) is 6.42. The Morgan fingerprint density at radius 2 is 2.36 bits per heavy atom. The van der Waals surface area contributed by atoms with Crippen molar-refractivity contribution in [2.75, 3.05) is 18.4 Å². The number of carbonyl (C=O) groups is 1. The molecule has 2 unspecified atom stereocenters. The van der Waals surface area contributed by atoms with E-state index >= 15 is 0 Å². The standard InChI is InChI=1S/C18H20FN7O2/c1-3-15(27)25-9-13(19)14(10-25)28-17-12-5-6-20-16(12)23-18(24-17)22-11-7-21-26(4-2)8-11/h3,5-8,13-14H,1,4,9-10H2,2H3,(H2,20,22,23,24). The molecule has 28 heavy (non-hydrogen) atoms. The number of rotatable bonds is 6. The SMILES string of the molecule is C=CC(=O)N1CC(F)C(Oc2nc(Nc3cnn(CC)c3)nc3[nH]ccc23)C1. The molecular weight excluding hydrogens is 365 g/mol. The van der Waals surface area contributed by atoms with Gasteiger partial charge in [-0.25, -0.2) is 4.39 Å². The number of likely N-dealkylation sites (tertiary alicyclic amines) is 1. The van der Waals surface area contributed by atoms with Crippen LogP contribution in [0.25, 0.3) is 11.0 Å². The molecular formula is C18H20FN7O2. The average Bonchev–Trinajstić information content (AvgIpc) is 3.42. The number of halogens is 1.